The van der Waals surface area contributed by atoms with E-state index in [1.807, 2.05) is 0 Å². The number of nitrogens with one attached hydrogen (secondary N) is 2. The van der Waals surface area contributed by atoms with Crippen LogP contribution < -0.4 is 10.6 Å². The zero-order valence-electron chi connectivity index (χ0n) is 11.2. The molecular formula is C10H15F3N6O2. The Balaban J connectivity index is 2.30. The van der Waals surface area contributed by atoms with E-state index < -0.39 is 17.5 Å². The number of rotatable bonds is 6. The minimum atomic E-state index is -4.22. The van der Waals surface area contributed by atoms with Crippen LogP contribution in [0.4, 0.5) is 18.9 Å². The summed E-state index contributed by atoms with van der Waals surface area (Å²) in [5.74, 6) is 0.223. The fourth-order valence-corrected chi connectivity index (χ4v) is 1.40. The van der Waals surface area contributed by atoms with Crippen LogP contribution >= 0.6 is 0 Å². The smallest absolute Gasteiger partial charge is 0.356 e. The zero-order valence-corrected chi connectivity index (χ0v) is 11.2. The van der Waals surface area contributed by atoms with Gasteiger partial charge in [-0.3, -0.25) is 19.8 Å². The summed E-state index contributed by atoms with van der Waals surface area (Å²) < 4.78 is 37.3. The third-order valence-corrected chi connectivity index (χ3v) is 2.39. The summed E-state index contributed by atoms with van der Waals surface area (Å²) in [5.41, 5.74) is -0.123. The second-order valence-electron chi connectivity index (χ2n) is 4.01. The summed E-state index contributed by atoms with van der Waals surface area (Å²) in [6.45, 7) is 0.342. The molecule has 0 aromatic carbocycles. The van der Waals surface area contributed by atoms with E-state index in [1.54, 1.807) is 0 Å². The van der Waals surface area contributed by atoms with E-state index in [9.17, 15) is 23.3 Å². The number of aliphatic imine (C=N–C) groups is 1. The molecule has 0 bridgehead atoms. The van der Waals surface area contributed by atoms with Crippen LogP contribution in [0.3, 0.4) is 0 Å². The van der Waals surface area contributed by atoms with Crippen molar-refractivity contribution >= 4 is 11.6 Å². The van der Waals surface area contributed by atoms with Crippen LogP contribution in [0.25, 0.3) is 0 Å². The molecular weight excluding hydrogens is 293 g/mol. The lowest BCUT2D eigenvalue weighted by atomic mass is 10.4. The van der Waals surface area contributed by atoms with Crippen LogP contribution in [0, 0.1) is 10.1 Å². The fraction of sp³-hybridized carbons (Fsp3) is 0.600. The van der Waals surface area contributed by atoms with Gasteiger partial charge in [-0.05, 0) is 0 Å². The molecule has 21 heavy (non-hydrogen) atoms. The molecule has 0 aliphatic heterocycles. The predicted octanol–water partition coefficient (Wildman–Crippen LogP) is 0.909. The second kappa shape index (κ2) is 7.45. The number of nitro groups is 1. The van der Waals surface area contributed by atoms with Crippen molar-refractivity contribution in [1.29, 1.82) is 0 Å². The summed E-state index contributed by atoms with van der Waals surface area (Å²) in [7, 11) is 1.43. The minimum Gasteiger partial charge on any atom is -0.356 e. The largest absolute Gasteiger partial charge is 0.390 e. The van der Waals surface area contributed by atoms with Crippen LogP contribution in [-0.4, -0.2) is 47.0 Å². The highest BCUT2D eigenvalue weighted by molar-refractivity contribution is 5.79. The number of halogens is 3. The molecule has 1 rings (SSSR count). The van der Waals surface area contributed by atoms with E-state index >= 15 is 0 Å². The van der Waals surface area contributed by atoms with Crippen LogP contribution in [0.2, 0.25) is 0 Å². The summed E-state index contributed by atoms with van der Waals surface area (Å²) in [5, 5.41) is 19.5. The molecule has 0 atom stereocenters. The van der Waals surface area contributed by atoms with Gasteiger partial charge in [-0.25, -0.2) is 0 Å². The van der Waals surface area contributed by atoms with Gasteiger partial charge in [0, 0.05) is 20.1 Å². The van der Waals surface area contributed by atoms with Crippen molar-refractivity contribution in [1.82, 2.24) is 20.4 Å². The summed E-state index contributed by atoms with van der Waals surface area (Å²) in [4.78, 5) is 13.7. The number of nitrogens with zero attached hydrogens (tertiary/aromatic N) is 4. The van der Waals surface area contributed by atoms with Gasteiger partial charge in [-0.1, -0.05) is 0 Å². The molecule has 0 aliphatic carbocycles. The molecule has 2 N–H and O–H groups in total. The van der Waals surface area contributed by atoms with Crippen molar-refractivity contribution in [3.8, 4) is 0 Å². The van der Waals surface area contributed by atoms with Gasteiger partial charge in [-0.2, -0.15) is 18.3 Å². The van der Waals surface area contributed by atoms with Gasteiger partial charge in [0.1, 0.15) is 12.4 Å². The van der Waals surface area contributed by atoms with Crippen molar-refractivity contribution in [3.05, 3.63) is 22.5 Å². The maximum absolute atomic E-state index is 12.0. The molecule has 0 unspecified atom stereocenters. The maximum atomic E-state index is 12.0. The Kier molecular flexibility index (Phi) is 5.93. The molecule has 11 heteroatoms. The Bertz CT molecular complexity index is 499. The van der Waals surface area contributed by atoms with Crippen LogP contribution in [0.5, 0.6) is 0 Å². The lowest BCUT2D eigenvalue weighted by Gasteiger charge is -2.12. The first kappa shape index (κ1) is 16.7. The van der Waals surface area contributed by atoms with Gasteiger partial charge in [0.2, 0.25) is 0 Å². The third-order valence-electron chi connectivity index (χ3n) is 2.39. The average molecular weight is 308 g/mol. The van der Waals surface area contributed by atoms with Crippen LogP contribution in [0.1, 0.15) is 6.42 Å². The number of guanidine groups is 1. The Morgan fingerprint density at radius 3 is 2.67 bits per heavy atom. The molecule has 0 amide bonds. The number of hydrogen-bond acceptors (Lipinski definition) is 4. The zero-order chi connectivity index (χ0) is 15.9. The molecule has 8 nitrogen and oxygen atoms in total. The predicted molar refractivity (Wildman–Crippen MR) is 68.9 cm³/mol. The van der Waals surface area contributed by atoms with E-state index in [1.165, 1.54) is 17.9 Å². The number of hydrogen-bond donors (Lipinski definition) is 2. The summed E-state index contributed by atoms with van der Waals surface area (Å²) in [6.07, 6.45) is -2.79. The van der Waals surface area contributed by atoms with Crippen molar-refractivity contribution in [2.75, 3.05) is 20.1 Å². The quantitative estimate of drug-likeness (QED) is 0.352. The Labute approximate surface area is 118 Å². The topological polar surface area (TPSA) is 97.4 Å². The van der Waals surface area contributed by atoms with Gasteiger partial charge in [-0.15, -0.1) is 0 Å². The third kappa shape index (κ3) is 6.58. The second-order valence-corrected chi connectivity index (χ2v) is 4.01. The molecule has 1 heterocycles. The summed E-state index contributed by atoms with van der Waals surface area (Å²) in [6, 6.07) is 0. The van der Waals surface area contributed by atoms with E-state index in [0.29, 0.717) is 13.1 Å². The Morgan fingerprint density at radius 2 is 2.14 bits per heavy atom. The highest BCUT2D eigenvalue weighted by atomic mass is 19.4. The van der Waals surface area contributed by atoms with Crippen molar-refractivity contribution in [3.63, 3.8) is 0 Å². The molecule has 0 spiro atoms. The first-order valence-corrected chi connectivity index (χ1v) is 6.00. The molecule has 0 aliphatic rings. The van der Waals surface area contributed by atoms with E-state index in [4.69, 9.17) is 0 Å². The van der Waals surface area contributed by atoms with Gasteiger partial charge in [0.15, 0.2) is 5.96 Å². The van der Waals surface area contributed by atoms with Gasteiger partial charge < -0.3 is 10.6 Å². The molecule has 0 saturated heterocycles. The van der Waals surface area contributed by atoms with E-state index in [0.717, 1.165) is 6.20 Å². The molecule has 1 aromatic heterocycles. The first-order valence-electron chi connectivity index (χ1n) is 6.00. The highest BCUT2D eigenvalue weighted by Crippen LogP contribution is 2.17. The van der Waals surface area contributed by atoms with Crippen molar-refractivity contribution in [2.45, 2.75) is 19.1 Å². The normalized spacial score (nSPS) is 12.3. The van der Waals surface area contributed by atoms with Gasteiger partial charge in [0.05, 0.1) is 17.9 Å². The lowest BCUT2D eigenvalue weighted by Crippen LogP contribution is -2.40. The first-order chi connectivity index (χ1) is 9.81. The Hall–Kier alpha value is -2.33. The van der Waals surface area contributed by atoms with Crippen LogP contribution in [-0.2, 0) is 6.54 Å². The Morgan fingerprint density at radius 1 is 1.48 bits per heavy atom. The van der Waals surface area contributed by atoms with Crippen LogP contribution in [0.15, 0.2) is 17.4 Å². The fourth-order valence-electron chi connectivity index (χ4n) is 1.40. The average Bonchev–Trinajstić information content (AvgIpc) is 2.84. The maximum Gasteiger partial charge on any atom is 0.390 e. The van der Waals surface area contributed by atoms with Gasteiger partial charge in [0.25, 0.3) is 0 Å². The molecule has 1 aromatic rings. The van der Waals surface area contributed by atoms with E-state index in [2.05, 4.69) is 20.7 Å². The minimum absolute atomic E-state index is 0.123. The van der Waals surface area contributed by atoms with Gasteiger partial charge >= 0.3 is 11.9 Å². The SMILES string of the molecule is CN=C(NCCn1cc([N+](=O)[O-])cn1)NCCC(F)(F)F. The number of aromatic nitrogens is 2. The molecule has 0 radical (unpaired) electrons. The monoisotopic (exact) mass is 308 g/mol. The van der Waals surface area contributed by atoms with Crippen molar-refractivity contribution < 1.29 is 18.1 Å². The standard InChI is InChI=1S/C10H15F3N6O2/c1-14-9(15-3-2-10(11,12)13)16-4-5-18-7-8(6-17-18)19(20)21/h6-7H,2-5H2,1H3,(H2,14,15,16). The molecule has 0 fully saturated rings. The lowest BCUT2D eigenvalue weighted by molar-refractivity contribution is -0.385. The molecule has 0 saturated carbocycles. The summed E-state index contributed by atoms with van der Waals surface area (Å²) >= 11 is 0. The van der Waals surface area contributed by atoms with Crippen molar-refractivity contribution in [2.24, 2.45) is 4.99 Å². The number of alkyl halides is 3. The highest BCUT2D eigenvalue weighted by Gasteiger charge is 2.26. The van der Waals surface area contributed by atoms with E-state index in [-0.39, 0.29) is 18.2 Å². The molecule has 118 valence electrons.